The van der Waals surface area contributed by atoms with Crippen LogP contribution in [0.15, 0.2) is 18.5 Å². The van der Waals surface area contributed by atoms with E-state index >= 15 is 0 Å². The second-order valence-electron chi connectivity index (χ2n) is 3.42. The van der Waals surface area contributed by atoms with E-state index in [9.17, 15) is 0 Å². The van der Waals surface area contributed by atoms with Gasteiger partial charge in [0, 0.05) is 11.7 Å². The molecule has 1 rings (SSSR count). The van der Waals surface area contributed by atoms with E-state index < -0.39 is 0 Å². The van der Waals surface area contributed by atoms with Crippen molar-refractivity contribution in [2.24, 2.45) is 0 Å². The standard InChI is InChI=1S/C9H16N4/c1-7(2)10-5-9-6-13(8(3)4)12-11-9/h6,8,10H,1,5H2,2-4H3. The van der Waals surface area contributed by atoms with Gasteiger partial charge >= 0.3 is 0 Å². The molecule has 1 aromatic rings. The zero-order valence-electron chi connectivity index (χ0n) is 8.41. The lowest BCUT2D eigenvalue weighted by atomic mass is 10.4. The van der Waals surface area contributed by atoms with Gasteiger partial charge in [-0.05, 0) is 20.8 Å². The highest BCUT2D eigenvalue weighted by Gasteiger charge is 2.02. The number of hydrogen-bond donors (Lipinski definition) is 1. The van der Waals surface area contributed by atoms with Crippen LogP contribution in [-0.2, 0) is 6.54 Å². The third-order valence-corrected chi connectivity index (χ3v) is 1.66. The molecule has 0 saturated carbocycles. The van der Waals surface area contributed by atoms with Crippen molar-refractivity contribution in [3.63, 3.8) is 0 Å². The number of nitrogens with one attached hydrogen (secondary N) is 1. The van der Waals surface area contributed by atoms with Gasteiger partial charge in [-0.25, -0.2) is 4.68 Å². The van der Waals surface area contributed by atoms with E-state index in [0.29, 0.717) is 12.6 Å². The largest absolute Gasteiger partial charge is 0.383 e. The van der Waals surface area contributed by atoms with Crippen molar-refractivity contribution in [1.82, 2.24) is 20.3 Å². The van der Waals surface area contributed by atoms with Crippen LogP contribution in [0.3, 0.4) is 0 Å². The summed E-state index contributed by atoms with van der Waals surface area (Å²) in [5.41, 5.74) is 1.88. The van der Waals surface area contributed by atoms with Crippen molar-refractivity contribution in [3.8, 4) is 0 Å². The Bertz CT molecular complexity index is 288. The molecule has 4 heteroatoms. The molecule has 0 aromatic carbocycles. The molecule has 0 unspecified atom stereocenters. The molecular formula is C9H16N4. The van der Waals surface area contributed by atoms with E-state index in [1.165, 1.54) is 0 Å². The lowest BCUT2D eigenvalue weighted by molar-refractivity contribution is 0.514. The number of allylic oxidation sites excluding steroid dienone is 1. The first-order chi connectivity index (χ1) is 6.09. The van der Waals surface area contributed by atoms with E-state index in [-0.39, 0.29) is 0 Å². The Balaban J connectivity index is 2.54. The molecule has 0 aliphatic heterocycles. The predicted octanol–water partition coefficient (Wildman–Crippen LogP) is 1.48. The lowest BCUT2D eigenvalue weighted by Crippen LogP contribution is -2.09. The van der Waals surface area contributed by atoms with Crippen LogP contribution in [0.25, 0.3) is 0 Å². The van der Waals surface area contributed by atoms with Crippen LogP contribution in [0.1, 0.15) is 32.5 Å². The maximum atomic E-state index is 4.02. The van der Waals surface area contributed by atoms with E-state index in [0.717, 1.165) is 11.4 Å². The van der Waals surface area contributed by atoms with E-state index in [1.807, 2.05) is 17.8 Å². The smallest absolute Gasteiger partial charge is 0.102 e. The van der Waals surface area contributed by atoms with Crippen molar-refractivity contribution in [2.45, 2.75) is 33.4 Å². The highest BCUT2D eigenvalue weighted by Crippen LogP contribution is 2.02. The molecular weight excluding hydrogens is 164 g/mol. The van der Waals surface area contributed by atoms with Crippen LogP contribution in [-0.4, -0.2) is 15.0 Å². The summed E-state index contributed by atoms with van der Waals surface area (Å²) in [7, 11) is 0. The number of nitrogens with zero attached hydrogens (tertiary/aromatic N) is 3. The summed E-state index contributed by atoms with van der Waals surface area (Å²) in [6.07, 6.45) is 1.95. The maximum absolute atomic E-state index is 4.02. The fourth-order valence-corrected chi connectivity index (χ4v) is 0.888. The second kappa shape index (κ2) is 4.07. The van der Waals surface area contributed by atoms with Gasteiger partial charge in [0.1, 0.15) is 5.69 Å². The third kappa shape index (κ3) is 2.89. The van der Waals surface area contributed by atoms with Crippen molar-refractivity contribution in [1.29, 1.82) is 0 Å². The molecule has 1 N–H and O–H groups in total. The van der Waals surface area contributed by atoms with Crippen LogP contribution in [0, 0.1) is 0 Å². The number of rotatable bonds is 4. The fourth-order valence-electron chi connectivity index (χ4n) is 0.888. The van der Waals surface area contributed by atoms with Gasteiger partial charge in [-0.2, -0.15) is 0 Å². The Morgan fingerprint density at radius 2 is 2.38 bits per heavy atom. The van der Waals surface area contributed by atoms with Crippen LogP contribution in [0.2, 0.25) is 0 Å². The third-order valence-electron chi connectivity index (χ3n) is 1.66. The van der Waals surface area contributed by atoms with E-state index in [2.05, 4.69) is 36.1 Å². The molecule has 1 heterocycles. The van der Waals surface area contributed by atoms with Crippen LogP contribution in [0.5, 0.6) is 0 Å². The summed E-state index contributed by atoms with van der Waals surface area (Å²) >= 11 is 0. The van der Waals surface area contributed by atoms with Crippen LogP contribution in [0.4, 0.5) is 0 Å². The van der Waals surface area contributed by atoms with Crippen molar-refractivity contribution in [2.75, 3.05) is 0 Å². The zero-order chi connectivity index (χ0) is 9.84. The summed E-state index contributed by atoms with van der Waals surface area (Å²) in [6.45, 7) is 10.5. The van der Waals surface area contributed by atoms with Gasteiger partial charge in [0.15, 0.2) is 0 Å². The molecule has 4 nitrogen and oxygen atoms in total. The monoisotopic (exact) mass is 180 g/mol. The topological polar surface area (TPSA) is 42.7 Å². The van der Waals surface area contributed by atoms with Gasteiger partial charge in [0.2, 0.25) is 0 Å². The molecule has 0 spiro atoms. The molecule has 0 bridgehead atoms. The molecule has 0 radical (unpaired) electrons. The minimum Gasteiger partial charge on any atom is -0.383 e. The highest BCUT2D eigenvalue weighted by atomic mass is 15.4. The van der Waals surface area contributed by atoms with Gasteiger partial charge in [-0.15, -0.1) is 5.10 Å². The molecule has 0 aliphatic rings. The first-order valence-electron chi connectivity index (χ1n) is 4.39. The van der Waals surface area contributed by atoms with Crippen LogP contribution >= 0.6 is 0 Å². The quantitative estimate of drug-likeness (QED) is 0.763. The Hall–Kier alpha value is -1.32. The van der Waals surface area contributed by atoms with Gasteiger partial charge in [-0.1, -0.05) is 11.8 Å². The molecule has 1 aromatic heterocycles. The number of hydrogen-bond acceptors (Lipinski definition) is 3. The molecule has 0 fully saturated rings. The summed E-state index contributed by atoms with van der Waals surface area (Å²) in [5.74, 6) is 0. The minimum absolute atomic E-state index is 0.367. The van der Waals surface area contributed by atoms with Gasteiger partial charge in [0.05, 0.1) is 12.7 Å². The molecule has 13 heavy (non-hydrogen) atoms. The predicted molar refractivity (Wildman–Crippen MR) is 52.1 cm³/mol. The Labute approximate surface area is 78.6 Å². The van der Waals surface area contributed by atoms with Crippen LogP contribution < -0.4 is 5.32 Å². The van der Waals surface area contributed by atoms with Gasteiger partial charge < -0.3 is 5.32 Å². The molecule has 0 amide bonds. The first-order valence-corrected chi connectivity index (χ1v) is 4.39. The lowest BCUT2D eigenvalue weighted by Gasteiger charge is -2.02. The molecule has 0 aliphatic carbocycles. The maximum Gasteiger partial charge on any atom is 0.102 e. The minimum atomic E-state index is 0.367. The Morgan fingerprint density at radius 1 is 1.69 bits per heavy atom. The average Bonchev–Trinajstić information content (AvgIpc) is 2.48. The SMILES string of the molecule is C=C(C)NCc1cn(C(C)C)nn1. The second-order valence-corrected chi connectivity index (χ2v) is 3.42. The molecule has 0 atom stereocenters. The summed E-state index contributed by atoms with van der Waals surface area (Å²) < 4.78 is 1.84. The Morgan fingerprint density at radius 3 is 2.85 bits per heavy atom. The normalized spacial score (nSPS) is 10.5. The van der Waals surface area contributed by atoms with E-state index in [1.54, 1.807) is 0 Å². The molecule has 0 saturated heterocycles. The highest BCUT2D eigenvalue weighted by molar-refractivity contribution is 4.96. The summed E-state index contributed by atoms with van der Waals surface area (Å²) in [6, 6.07) is 0.367. The fraction of sp³-hybridized carbons (Fsp3) is 0.556. The van der Waals surface area contributed by atoms with E-state index in [4.69, 9.17) is 0 Å². The summed E-state index contributed by atoms with van der Waals surface area (Å²) in [4.78, 5) is 0. The van der Waals surface area contributed by atoms with Crippen molar-refractivity contribution in [3.05, 3.63) is 24.2 Å². The van der Waals surface area contributed by atoms with Gasteiger partial charge in [0.25, 0.3) is 0 Å². The number of aromatic nitrogens is 3. The molecule has 72 valence electrons. The van der Waals surface area contributed by atoms with Crippen molar-refractivity contribution < 1.29 is 0 Å². The summed E-state index contributed by atoms with van der Waals surface area (Å²) in [5, 5.41) is 11.1. The first kappa shape index (κ1) is 9.77. The average molecular weight is 180 g/mol. The van der Waals surface area contributed by atoms with Gasteiger partial charge in [-0.3, -0.25) is 0 Å². The Kier molecular flexibility index (Phi) is 3.06. The van der Waals surface area contributed by atoms with Crippen molar-refractivity contribution >= 4 is 0 Å². The zero-order valence-corrected chi connectivity index (χ0v) is 8.41.